The summed E-state index contributed by atoms with van der Waals surface area (Å²) >= 11 is 0. The molecule has 8 heteroatoms. The van der Waals surface area contributed by atoms with Crippen LogP contribution in [0.1, 0.15) is 44.4 Å². The molecule has 7 nitrogen and oxygen atoms in total. The van der Waals surface area contributed by atoms with Gasteiger partial charge in [-0.3, -0.25) is 4.79 Å². The van der Waals surface area contributed by atoms with Crippen molar-refractivity contribution in [3.63, 3.8) is 0 Å². The number of alkyl carbamates (subject to hydrolysis) is 1. The van der Waals surface area contributed by atoms with E-state index in [9.17, 15) is 14.7 Å². The summed E-state index contributed by atoms with van der Waals surface area (Å²) in [5.74, 6) is -0.921. The van der Waals surface area contributed by atoms with Crippen LogP contribution in [0.2, 0.25) is 0 Å². The summed E-state index contributed by atoms with van der Waals surface area (Å²) in [5.41, 5.74) is 1.80. The molecule has 1 amide bonds. The third kappa shape index (κ3) is 6.46. The summed E-state index contributed by atoms with van der Waals surface area (Å²) in [6.45, 7) is 8.07. The largest absolute Gasteiger partial charge is 0.492 e. The highest BCUT2D eigenvalue weighted by atomic mass is 16.7. The summed E-state index contributed by atoms with van der Waals surface area (Å²) in [5, 5.41) is 12.0. The van der Waals surface area contributed by atoms with Gasteiger partial charge in [-0.2, -0.15) is 0 Å². The summed E-state index contributed by atoms with van der Waals surface area (Å²) in [7, 11) is -0.706. The molecule has 3 rings (SSSR count). The minimum atomic E-state index is -0.921. The topological polar surface area (TPSA) is 94.1 Å². The quantitative estimate of drug-likeness (QED) is 0.583. The van der Waals surface area contributed by atoms with Crippen LogP contribution in [0, 0.1) is 0 Å². The molecule has 0 atom stereocenters. The van der Waals surface area contributed by atoms with Crippen LogP contribution in [0.4, 0.5) is 4.79 Å². The second kappa shape index (κ2) is 10.2. The van der Waals surface area contributed by atoms with E-state index in [0.717, 1.165) is 11.1 Å². The first-order chi connectivity index (χ1) is 15.6. The highest BCUT2D eigenvalue weighted by molar-refractivity contribution is 6.56. The average molecular weight is 451 g/mol. The van der Waals surface area contributed by atoms with E-state index in [1.54, 1.807) is 12.1 Å². The zero-order chi connectivity index (χ0) is 24.1. The number of amides is 1. The third-order valence-corrected chi connectivity index (χ3v) is 5.94. The molecule has 2 N–H and O–H groups in total. The SMILES string of the molecule is CC1(C)OB(C(=Cc2ccccc2CC(=O)O)CNC(=O)OCc2ccccc2)OC1(C)C. The maximum Gasteiger partial charge on any atom is 0.492 e. The van der Waals surface area contributed by atoms with Crippen molar-refractivity contribution in [2.75, 3.05) is 6.54 Å². The highest BCUT2D eigenvalue weighted by Crippen LogP contribution is 2.38. The number of carboxylic acids is 1. The first kappa shape index (κ1) is 24.5. The molecule has 33 heavy (non-hydrogen) atoms. The zero-order valence-electron chi connectivity index (χ0n) is 19.5. The lowest BCUT2D eigenvalue weighted by molar-refractivity contribution is -0.136. The van der Waals surface area contributed by atoms with Crippen molar-refractivity contribution in [2.24, 2.45) is 0 Å². The molecule has 2 aromatic carbocycles. The standard InChI is InChI=1S/C25H30BNO6/c1-24(2)25(3,4)33-26(32-24)21(14-19-12-8-9-13-20(19)15-22(28)29)16-27-23(30)31-17-18-10-6-5-7-11-18/h5-14H,15-17H2,1-4H3,(H,27,30)(H,28,29). The number of hydrogen-bond donors (Lipinski definition) is 2. The molecule has 0 spiro atoms. The summed E-state index contributed by atoms with van der Waals surface area (Å²) < 4.78 is 17.7. The Bertz CT molecular complexity index is 1000. The molecular formula is C25H30BNO6. The van der Waals surface area contributed by atoms with Crippen LogP contribution in [0.5, 0.6) is 0 Å². The lowest BCUT2D eigenvalue weighted by Gasteiger charge is -2.32. The van der Waals surface area contributed by atoms with Crippen molar-refractivity contribution in [3.8, 4) is 0 Å². The second-order valence-corrected chi connectivity index (χ2v) is 8.99. The molecule has 1 aliphatic heterocycles. The van der Waals surface area contributed by atoms with E-state index in [1.807, 2.05) is 76.2 Å². The fraction of sp³-hybridized carbons (Fsp3) is 0.360. The number of hydrogen-bond acceptors (Lipinski definition) is 5. The molecule has 1 saturated heterocycles. The predicted octanol–water partition coefficient (Wildman–Crippen LogP) is 4.25. The smallest absolute Gasteiger partial charge is 0.481 e. The predicted molar refractivity (Wildman–Crippen MR) is 126 cm³/mol. The molecule has 1 aliphatic rings. The van der Waals surface area contributed by atoms with E-state index in [4.69, 9.17) is 14.0 Å². The van der Waals surface area contributed by atoms with Gasteiger partial charge in [-0.05, 0) is 49.9 Å². The number of aliphatic carboxylic acids is 1. The van der Waals surface area contributed by atoms with Gasteiger partial charge in [-0.25, -0.2) is 4.79 Å². The Morgan fingerprint density at radius 3 is 2.24 bits per heavy atom. The molecule has 0 radical (unpaired) electrons. The minimum Gasteiger partial charge on any atom is -0.481 e. The number of carbonyl (C=O) groups excluding carboxylic acids is 1. The van der Waals surface area contributed by atoms with E-state index in [1.165, 1.54) is 0 Å². The lowest BCUT2D eigenvalue weighted by atomic mass is 9.76. The fourth-order valence-electron chi connectivity index (χ4n) is 3.34. The van der Waals surface area contributed by atoms with Crippen molar-refractivity contribution in [1.29, 1.82) is 0 Å². The van der Waals surface area contributed by atoms with Crippen LogP contribution in [0.15, 0.2) is 60.1 Å². The Morgan fingerprint density at radius 1 is 1.00 bits per heavy atom. The Hall–Kier alpha value is -3.10. The van der Waals surface area contributed by atoms with Gasteiger partial charge < -0.3 is 24.5 Å². The number of carboxylic acid groups (broad SMARTS) is 1. The van der Waals surface area contributed by atoms with E-state index in [2.05, 4.69) is 5.32 Å². The van der Waals surface area contributed by atoms with Crippen LogP contribution >= 0.6 is 0 Å². The second-order valence-electron chi connectivity index (χ2n) is 8.99. The van der Waals surface area contributed by atoms with Gasteiger partial charge in [0.1, 0.15) is 6.61 Å². The van der Waals surface area contributed by atoms with Crippen molar-refractivity contribution >= 4 is 25.3 Å². The maximum atomic E-state index is 12.3. The zero-order valence-corrected chi connectivity index (χ0v) is 19.5. The minimum absolute atomic E-state index is 0.115. The van der Waals surface area contributed by atoms with Gasteiger partial charge in [0.25, 0.3) is 0 Å². The van der Waals surface area contributed by atoms with Crippen LogP contribution in [0.3, 0.4) is 0 Å². The van der Waals surface area contributed by atoms with Gasteiger partial charge in [0.05, 0.1) is 17.6 Å². The Labute approximate surface area is 194 Å². The van der Waals surface area contributed by atoms with Gasteiger partial charge in [0.2, 0.25) is 0 Å². The summed E-state index contributed by atoms with van der Waals surface area (Å²) in [6, 6.07) is 16.6. The summed E-state index contributed by atoms with van der Waals surface area (Å²) in [4.78, 5) is 23.6. The molecule has 1 fully saturated rings. The molecule has 1 heterocycles. The Kier molecular flexibility index (Phi) is 7.61. The molecule has 0 bridgehead atoms. The number of nitrogens with one attached hydrogen (secondary N) is 1. The Morgan fingerprint density at radius 2 is 1.61 bits per heavy atom. The molecule has 0 saturated carbocycles. The van der Waals surface area contributed by atoms with E-state index in [0.29, 0.717) is 11.0 Å². The highest BCUT2D eigenvalue weighted by Gasteiger charge is 2.52. The number of carbonyl (C=O) groups is 2. The van der Waals surface area contributed by atoms with Crippen LogP contribution in [-0.2, 0) is 31.9 Å². The van der Waals surface area contributed by atoms with E-state index >= 15 is 0 Å². The molecule has 0 unspecified atom stereocenters. The normalized spacial score (nSPS) is 17.0. The van der Waals surface area contributed by atoms with Crippen LogP contribution < -0.4 is 5.32 Å². The molecule has 174 valence electrons. The Balaban J connectivity index is 1.79. The van der Waals surface area contributed by atoms with Crippen molar-refractivity contribution in [3.05, 3.63) is 76.8 Å². The van der Waals surface area contributed by atoms with Crippen molar-refractivity contribution < 1.29 is 28.7 Å². The van der Waals surface area contributed by atoms with E-state index < -0.39 is 30.4 Å². The molecule has 2 aromatic rings. The summed E-state index contributed by atoms with van der Waals surface area (Å²) in [6.07, 6.45) is 1.13. The number of rotatable bonds is 8. The van der Waals surface area contributed by atoms with Crippen molar-refractivity contribution in [1.82, 2.24) is 5.32 Å². The van der Waals surface area contributed by atoms with Crippen molar-refractivity contribution in [2.45, 2.75) is 51.9 Å². The molecule has 0 aromatic heterocycles. The third-order valence-electron chi connectivity index (χ3n) is 5.94. The van der Waals surface area contributed by atoms with E-state index in [-0.39, 0.29) is 19.6 Å². The van der Waals surface area contributed by atoms with Gasteiger partial charge >= 0.3 is 19.2 Å². The van der Waals surface area contributed by atoms with Gasteiger partial charge in [-0.1, -0.05) is 60.7 Å². The van der Waals surface area contributed by atoms with Crippen LogP contribution in [-0.4, -0.2) is 42.0 Å². The average Bonchev–Trinajstić information content (AvgIpc) is 2.98. The fourth-order valence-corrected chi connectivity index (χ4v) is 3.34. The number of benzene rings is 2. The van der Waals surface area contributed by atoms with Crippen LogP contribution in [0.25, 0.3) is 6.08 Å². The van der Waals surface area contributed by atoms with Gasteiger partial charge in [-0.15, -0.1) is 0 Å². The molecule has 0 aliphatic carbocycles. The lowest BCUT2D eigenvalue weighted by Crippen LogP contribution is -2.41. The first-order valence-electron chi connectivity index (χ1n) is 10.9. The van der Waals surface area contributed by atoms with Gasteiger partial charge in [0.15, 0.2) is 0 Å². The monoisotopic (exact) mass is 451 g/mol. The maximum absolute atomic E-state index is 12.3. The molecular weight excluding hydrogens is 421 g/mol. The first-order valence-corrected chi connectivity index (χ1v) is 10.9. The van der Waals surface area contributed by atoms with Gasteiger partial charge in [0, 0.05) is 6.54 Å². The number of ether oxygens (including phenoxy) is 1.